The molecule has 0 bridgehead atoms. The number of aliphatic imine (C=N–C) groups is 1. The summed E-state index contributed by atoms with van der Waals surface area (Å²) in [5, 5.41) is 18.0. The molecule has 1 saturated heterocycles. The summed E-state index contributed by atoms with van der Waals surface area (Å²) in [5.74, 6) is 0.873. The first-order valence-corrected chi connectivity index (χ1v) is 11.5. The summed E-state index contributed by atoms with van der Waals surface area (Å²) in [6.07, 6.45) is 5.72. The number of hydrogen-bond acceptors (Lipinski definition) is 4. The fourth-order valence-corrected chi connectivity index (χ4v) is 6.94. The van der Waals surface area contributed by atoms with Gasteiger partial charge in [0.15, 0.2) is 0 Å². The van der Waals surface area contributed by atoms with Crippen LogP contribution in [-0.2, 0) is 4.74 Å². The van der Waals surface area contributed by atoms with Gasteiger partial charge < -0.3 is 15.2 Å². The summed E-state index contributed by atoms with van der Waals surface area (Å²) in [6, 6.07) is 0. The van der Waals surface area contributed by atoms with E-state index in [9.17, 15) is 5.11 Å². The van der Waals surface area contributed by atoms with Crippen molar-refractivity contribution in [3.8, 4) is 0 Å². The zero-order valence-corrected chi connectivity index (χ0v) is 19.7. The van der Waals surface area contributed by atoms with E-state index in [2.05, 4.69) is 37.8 Å². The van der Waals surface area contributed by atoms with Gasteiger partial charge in [0, 0.05) is 0 Å². The van der Waals surface area contributed by atoms with E-state index < -0.39 is 5.60 Å². The predicted molar refractivity (Wildman–Crippen MR) is 119 cm³/mol. The fourth-order valence-electron chi connectivity index (χ4n) is 6.24. The summed E-state index contributed by atoms with van der Waals surface area (Å²) in [6.45, 7) is 10.5. The molecule has 2 aliphatic carbocycles. The Morgan fingerprint density at radius 3 is 2.39 bits per heavy atom. The Kier molecular flexibility index (Phi) is 6.14. The van der Waals surface area contributed by atoms with Crippen molar-refractivity contribution in [3.63, 3.8) is 0 Å². The average molecular weight is 428 g/mol. The summed E-state index contributed by atoms with van der Waals surface area (Å²) >= 11 is 11.8. The molecule has 1 N–H and O–H groups in total. The van der Waals surface area contributed by atoms with Crippen molar-refractivity contribution in [3.05, 3.63) is 5.32 Å². The molecule has 1 heterocycles. The van der Waals surface area contributed by atoms with Crippen LogP contribution in [0.25, 0.3) is 5.32 Å². The number of aliphatic hydroxyl groups is 1. The molecule has 8 atom stereocenters. The van der Waals surface area contributed by atoms with E-state index in [1.54, 1.807) is 0 Å². The van der Waals surface area contributed by atoms with Crippen LogP contribution in [0.4, 0.5) is 0 Å². The highest BCUT2D eigenvalue weighted by Gasteiger charge is 2.58. The van der Waals surface area contributed by atoms with E-state index in [1.807, 2.05) is 14.0 Å². The molecule has 3 fully saturated rings. The third-order valence-electron chi connectivity index (χ3n) is 8.31. The number of halogens is 1. The first-order chi connectivity index (χ1) is 12.9. The number of fused-ring (bicyclic) bond motifs is 1. The highest BCUT2D eigenvalue weighted by atomic mass is 35.5. The molecule has 1 aliphatic heterocycles. The molecule has 0 aromatic rings. The van der Waals surface area contributed by atoms with E-state index in [0.717, 1.165) is 38.5 Å². The molecule has 0 radical (unpaired) electrons. The van der Waals surface area contributed by atoms with Gasteiger partial charge in [0.2, 0.25) is 0 Å². The van der Waals surface area contributed by atoms with Crippen LogP contribution >= 0.6 is 23.8 Å². The number of rotatable bonds is 4. The summed E-state index contributed by atoms with van der Waals surface area (Å²) in [5.41, 5.74) is -1.56. The Morgan fingerprint density at radius 1 is 1.14 bits per heavy atom. The zero-order valence-electron chi connectivity index (χ0n) is 18.2. The number of ether oxygens (including phenoxy) is 1. The van der Waals surface area contributed by atoms with E-state index in [1.165, 1.54) is 0 Å². The quantitative estimate of drug-likeness (QED) is 0.373. The lowest BCUT2D eigenvalue weighted by Crippen LogP contribution is -2.61. The molecule has 3 aliphatic rings. The molecule has 160 valence electrons. The van der Waals surface area contributed by atoms with Crippen LogP contribution in [0.5, 0.6) is 0 Å². The van der Waals surface area contributed by atoms with Crippen molar-refractivity contribution in [1.29, 1.82) is 0 Å². The SMILES string of the molecule is C[N-]C1(C)CCC(C2(C)CCC(C(C)(C)N=C=S)O2)C2C(Cl)C(C)(O)CCC21. The standard InChI is InChI=1S/C22H36ClN2O2S/c1-19(2,25-13-28)16-9-12-22(5,27-16)15-7-10-20(3,24-6)14-8-11-21(4,26)18(23)17(14)15/h14-18,26H,7-12H2,1-6H3/q-1. The van der Waals surface area contributed by atoms with Gasteiger partial charge in [-0.15, -0.1) is 17.1 Å². The van der Waals surface area contributed by atoms with Crippen LogP contribution in [-0.4, -0.2) is 51.1 Å². The first kappa shape index (κ1) is 22.7. The van der Waals surface area contributed by atoms with Crippen LogP contribution in [0.15, 0.2) is 4.99 Å². The van der Waals surface area contributed by atoms with Crippen molar-refractivity contribution in [2.45, 2.75) is 107 Å². The van der Waals surface area contributed by atoms with E-state index in [0.29, 0.717) is 11.8 Å². The van der Waals surface area contributed by atoms with Crippen LogP contribution in [0.3, 0.4) is 0 Å². The second-order valence-corrected chi connectivity index (χ2v) is 11.2. The lowest BCUT2D eigenvalue weighted by Gasteiger charge is -2.63. The molecule has 0 aromatic heterocycles. The molecule has 6 heteroatoms. The van der Waals surface area contributed by atoms with Gasteiger partial charge in [-0.1, -0.05) is 19.3 Å². The Morgan fingerprint density at radius 2 is 1.79 bits per heavy atom. The molecule has 4 nitrogen and oxygen atoms in total. The average Bonchev–Trinajstić information content (AvgIpc) is 3.03. The van der Waals surface area contributed by atoms with Gasteiger partial charge in [-0.05, 0) is 83.9 Å². The van der Waals surface area contributed by atoms with E-state index in [-0.39, 0.29) is 34.1 Å². The Labute approximate surface area is 180 Å². The summed E-state index contributed by atoms with van der Waals surface area (Å²) < 4.78 is 6.72. The topological polar surface area (TPSA) is 55.9 Å². The minimum Gasteiger partial charge on any atom is -0.659 e. The van der Waals surface area contributed by atoms with Gasteiger partial charge in [-0.3, -0.25) is 0 Å². The van der Waals surface area contributed by atoms with Gasteiger partial charge in [0.25, 0.3) is 0 Å². The van der Waals surface area contributed by atoms with Gasteiger partial charge in [-0.25, -0.2) is 4.99 Å². The molecular formula is C22H36ClN2O2S-. The van der Waals surface area contributed by atoms with Gasteiger partial charge in [-0.2, -0.15) is 7.05 Å². The van der Waals surface area contributed by atoms with Crippen LogP contribution in [0, 0.1) is 17.8 Å². The highest BCUT2D eigenvalue weighted by Crippen LogP contribution is 2.59. The van der Waals surface area contributed by atoms with Crippen LogP contribution < -0.4 is 0 Å². The largest absolute Gasteiger partial charge is 0.659 e. The summed E-state index contributed by atoms with van der Waals surface area (Å²) in [7, 11) is 1.93. The van der Waals surface area contributed by atoms with Crippen molar-refractivity contribution >= 4 is 29.0 Å². The number of isothiocyanates is 1. The normalized spacial score (nSPS) is 49.4. The molecule has 0 aromatic carbocycles. The number of thiocarbonyl (C=S) groups is 1. The van der Waals surface area contributed by atoms with Crippen LogP contribution in [0.1, 0.15) is 73.1 Å². The minimum atomic E-state index is -0.845. The van der Waals surface area contributed by atoms with Crippen LogP contribution in [0.2, 0.25) is 0 Å². The van der Waals surface area contributed by atoms with Gasteiger partial charge in [0.05, 0.1) is 33.4 Å². The van der Waals surface area contributed by atoms with Crippen molar-refractivity contribution < 1.29 is 9.84 Å². The zero-order chi connectivity index (χ0) is 21.0. The monoisotopic (exact) mass is 427 g/mol. The Balaban J connectivity index is 1.92. The molecule has 3 rings (SSSR count). The second kappa shape index (κ2) is 7.59. The first-order valence-electron chi connectivity index (χ1n) is 10.6. The highest BCUT2D eigenvalue weighted by molar-refractivity contribution is 7.78. The maximum Gasteiger partial charge on any atom is 0.0915 e. The van der Waals surface area contributed by atoms with Gasteiger partial charge in [0.1, 0.15) is 0 Å². The number of alkyl halides is 1. The third kappa shape index (κ3) is 3.72. The van der Waals surface area contributed by atoms with Gasteiger partial charge >= 0.3 is 0 Å². The molecule has 8 unspecified atom stereocenters. The number of hydrogen-bond donors (Lipinski definition) is 1. The minimum absolute atomic E-state index is 0.0217. The number of nitrogens with zero attached hydrogens (tertiary/aromatic N) is 2. The van der Waals surface area contributed by atoms with Crippen molar-refractivity contribution in [2.75, 3.05) is 7.05 Å². The molecule has 0 amide bonds. The maximum absolute atomic E-state index is 11.0. The lowest BCUT2D eigenvalue weighted by molar-refractivity contribution is -0.145. The fraction of sp³-hybridized carbons (Fsp3) is 0.955. The smallest absolute Gasteiger partial charge is 0.0915 e. The molecule has 0 spiro atoms. The maximum atomic E-state index is 11.0. The second-order valence-electron chi connectivity index (χ2n) is 10.5. The predicted octanol–water partition coefficient (Wildman–Crippen LogP) is 5.36. The Hall–Kier alpha value is -0.0300. The third-order valence-corrected chi connectivity index (χ3v) is 9.17. The van der Waals surface area contributed by atoms with E-state index >= 15 is 0 Å². The molecule has 28 heavy (non-hydrogen) atoms. The van der Waals surface area contributed by atoms with Crippen molar-refractivity contribution in [2.24, 2.45) is 22.7 Å². The summed E-state index contributed by atoms with van der Waals surface area (Å²) in [4.78, 5) is 4.36. The van der Waals surface area contributed by atoms with E-state index in [4.69, 9.17) is 33.9 Å². The molecular weight excluding hydrogens is 392 g/mol. The lowest BCUT2D eigenvalue weighted by atomic mass is 9.52. The van der Waals surface area contributed by atoms with Crippen molar-refractivity contribution in [1.82, 2.24) is 0 Å². The Bertz CT molecular complexity index is 650. The molecule has 2 saturated carbocycles.